The maximum atomic E-state index is 12.5. The number of hydrogen-bond acceptors (Lipinski definition) is 5. The van der Waals surface area contributed by atoms with Gasteiger partial charge in [0.2, 0.25) is 15.9 Å². The highest BCUT2D eigenvalue weighted by molar-refractivity contribution is 7.89. The van der Waals surface area contributed by atoms with E-state index in [9.17, 15) is 13.2 Å². The molecule has 0 unspecified atom stereocenters. The first-order valence-electron chi connectivity index (χ1n) is 7.58. The second kappa shape index (κ2) is 8.15. The van der Waals surface area contributed by atoms with Crippen LogP contribution >= 0.6 is 11.6 Å². The molecule has 2 rings (SSSR count). The van der Waals surface area contributed by atoms with E-state index in [4.69, 9.17) is 21.1 Å². The third-order valence-corrected chi connectivity index (χ3v) is 5.47. The highest BCUT2D eigenvalue weighted by Gasteiger charge is 2.26. The molecule has 1 fully saturated rings. The van der Waals surface area contributed by atoms with E-state index in [1.165, 1.54) is 32.2 Å². The van der Waals surface area contributed by atoms with Crippen molar-refractivity contribution in [1.29, 1.82) is 0 Å². The van der Waals surface area contributed by atoms with Gasteiger partial charge in [-0.25, -0.2) is 8.42 Å². The predicted octanol–water partition coefficient (Wildman–Crippen LogP) is 1.31. The largest absolute Gasteiger partial charge is 0.495 e. The van der Waals surface area contributed by atoms with Gasteiger partial charge in [0.25, 0.3) is 0 Å². The SMILES string of the molecule is COc1ccc(Cl)cc1S(=O)(=O)N[C@H](C)C(=O)NC[C@H]1CCCO1. The van der Waals surface area contributed by atoms with Gasteiger partial charge in [-0.2, -0.15) is 4.72 Å². The summed E-state index contributed by atoms with van der Waals surface area (Å²) in [6.07, 6.45) is 1.85. The van der Waals surface area contributed by atoms with Gasteiger partial charge in [0, 0.05) is 18.2 Å². The number of amides is 1. The summed E-state index contributed by atoms with van der Waals surface area (Å²) in [5, 5.41) is 2.95. The third-order valence-electron chi connectivity index (χ3n) is 3.67. The Morgan fingerprint density at radius 2 is 2.25 bits per heavy atom. The number of methoxy groups -OCH3 is 1. The normalized spacial score (nSPS) is 19.0. The topological polar surface area (TPSA) is 93.7 Å². The molecule has 1 saturated heterocycles. The van der Waals surface area contributed by atoms with Gasteiger partial charge in [0.15, 0.2) is 0 Å². The lowest BCUT2D eigenvalue weighted by Crippen LogP contribution is -2.46. The maximum Gasteiger partial charge on any atom is 0.245 e. The van der Waals surface area contributed by atoms with E-state index in [-0.39, 0.29) is 21.8 Å². The number of hydrogen-bond donors (Lipinski definition) is 2. The molecule has 1 aromatic carbocycles. The Bertz CT molecular complexity index is 689. The van der Waals surface area contributed by atoms with Crippen LogP contribution in [0.3, 0.4) is 0 Å². The summed E-state index contributed by atoms with van der Waals surface area (Å²) in [5.74, 6) is -0.270. The number of rotatable bonds is 7. The molecular formula is C15H21ClN2O5S. The first kappa shape index (κ1) is 19.0. The molecule has 9 heteroatoms. The predicted molar refractivity (Wildman–Crippen MR) is 89.8 cm³/mol. The van der Waals surface area contributed by atoms with Gasteiger partial charge in [0.1, 0.15) is 10.6 Å². The van der Waals surface area contributed by atoms with Gasteiger partial charge in [-0.05, 0) is 38.0 Å². The van der Waals surface area contributed by atoms with Gasteiger partial charge >= 0.3 is 0 Å². The minimum absolute atomic E-state index is 0.00854. The van der Waals surface area contributed by atoms with Crippen LogP contribution in [0.1, 0.15) is 19.8 Å². The molecule has 2 N–H and O–H groups in total. The van der Waals surface area contributed by atoms with Crippen molar-refractivity contribution in [3.8, 4) is 5.75 Å². The summed E-state index contributed by atoms with van der Waals surface area (Å²) in [5.41, 5.74) is 0. The second-order valence-corrected chi connectivity index (χ2v) is 7.64. The van der Waals surface area contributed by atoms with Gasteiger partial charge in [-0.3, -0.25) is 4.79 Å². The fourth-order valence-electron chi connectivity index (χ4n) is 2.38. The van der Waals surface area contributed by atoms with Crippen molar-refractivity contribution < 1.29 is 22.7 Å². The van der Waals surface area contributed by atoms with Crippen molar-refractivity contribution in [2.45, 2.75) is 36.8 Å². The summed E-state index contributed by atoms with van der Waals surface area (Å²) in [4.78, 5) is 12.0. The number of carbonyl (C=O) groups is 1. The highest BCUT2D eigenvalue weighted by atomic mass is 35.5. The van der Waals surface area contributed by atoms with Crippen molar-refractivity contribution in [1.82, 2.24) is 10.0 Å². The van der Waals surface area contributed by atoms with Crippen LogP contribution in [0.5, 0.6) is 5.75 Å². The monoisotopic (exact) mass is 376 g/mol. The van der Waals surface area contributed by atoms with Crippen LogP contribution in [-0.4, -0.2) is 46.7 Å². The number of ether oxygens (including phenoxy) is 2. The summed E-state index contributed by atoms with van der Waals surface area (Å²) in [6, 6.07) is 3.32. The van der Waals surface area contributed by atoms with Crippen LogP contribution < -0.4 is 14.8 Å². The number of benzene rings is 1. The highest BCUT2D eigenvalue weighted by Crippen LogP contribution is 2.27. The van der Waals surface area contributed by atoms with Crippen molar-refractivity contribution in [2.24, 2.45) is 0 Å². The molecule has 0 radical (unpaired) electrons. The third kappa shape index (κ3) is 4.83. The summed E-state index contributed by atoms with van der Waals surface area (Å²) >= 11 is 5.86. The lowest BCUT2D eigenvalue weighted by molar-refractivity contribution is -0.122. The fraction of sp³-hybridized carbons (Fsp3) is 0.533. The van der Waals surface area contributed by atoms with Crippen LogP contribution in [-0.2, 0) is 19.6 Å². The smallest absolute Gasteiger partial charge is 0.245 e. The van der Waals surface area contributed by atoms with Gasteiger partial charge < -0.3 is 14.8 Å². The molecular weight excluding hydrogens is 356 g/mol. The number of sulfonamides is 1. The standard InChI is InChI=1S/C15H21ClN2O5S/c1-10(15(19)17-9-12-4-3-7-23-12)18-24(20,21)14-8-11(16)5-6-13(14)22-2/h5-6,8,10,12,18H,3-4,7,9H2,1-2H3,(H,17,19)/t10-,12-/m1/s1. The zero-order valence-electron chi connectivity index (χ0n) is 13.5. The van der Waals surface area contributed by atoms with Crippen LogP contribution in [0.2, 0.25) is 5.02 Å². The Hall–Kier alpha value is -1.35. The molecule has 134 valence electrons. The van der Waals surface area contributed by atoms with Gasteiger partial charge in [-0.1, -0.05) is 11.6 Å². The van der Waals surface area contributed by atoms with Crippen molar-refractivity contribution in [2.75, 3.05) is 20.3 Å². The molecule has 1 aliphatic heterocycles. The minimum Gasteiger partial charge on any atom is -0.495 e. The summed E-state index contributed by atoms with van der Waals surface area (Å²) in [7, 11) is -2.60. The molecule has 1 aliphatic rings. The van der Waals surface area contributed by atoms with Crippen molar-refractivity contribution in [3.05, 3.63) is 23.2 Å². The summed E-state index contributed by atoms with van der Waals surface area (Å²) in [6.45, 7) is 2.53. The Kier molecular flexibility index (Phi) is 6.45. The van der Waals surface area contributed by atoms with E-state index >= 15 is 0 Å². The summed E-state index contributed by atoms with van der Waals surface area (Å²) < 4.78 is 37.8. The second-order valence-electron chi connectivity index (χ2n) is 5.52. The Labute approximate surface area is 146 Å². The molecule has 2 atom stereocenters. The molecule has 7 nitrogen and oxygen atoms in total. The molecule has 0 bridgehead atoms. The van der Waals surface area contributed by atoms with Crippen LogP contribution in [0.4, 0.5) is 0 Å². The minimum atomic E-state index is -3.96. The molecule has 1 heterocycles. The fourth-order valence-corrected chi connectivity index (χ4v) is 4.02. The van der Waals surface area contributed by atoms with E-state index in [1.807, 2.05) is 0 Å². The van der Waals surface area contributed by atoms with Crippen LogP contribution in [0.15, 0.2) is 23.1 Å². The molecule has 0 aromatic heterocycles. The first-order valence-corrected chi connectivity index (χ1v) is 9.45. The van der Waals surface area contributed by atoms with Gasteiger partial charge in [-0.15, -0.1) is 0 Å². The van der Waals surface area contributed by atoms with E-state index < -0.39 is 22.0 Å². The first-order chi connectivity index (χ1) is 11.3. The van der Waals surface area contributed by atoms with Crippen LogP contribution in [0.25, 0.3) is 0 Å². The van der Waals surface area contributed by atoms with Crippen molar-refractivity contribution >= 4 is 27.5 Å². The van der Waals surface area contributed by atoms with Gasteiger partial charge in [0.05, 0.1) is 19.3 Å². The van der Waals surface area contributed by atoms with Crippen molar-refractivity contribution in [3.63, 3.8) is 0 Å². The maximum absolute atomic E-state index is 12.5. The Morgan fingerprint density at radius 3 is 2.88 bits per heavy atom. The molecule has 0 aliphatic carbocycles. The van der Waals surface area contributed by atoms with E-state index in [0.29, 0.717) is 13.2 Å². The van der Waals surface area contributed by atoms with E-state index in [0.717, 1.165) is 12.8 Å². The lowest BCUT2D eigenvalue weighted by atomic mass is 10.2. The molecule has 1 aromatic rings. The molecule has 24 heavy (non-hydrogen) atoms. The quantitative estimate of drug-likeness (QED) is 0.748. The molecule has 1 amide bonds. The number of nitrogens with one attached hydrogen (secondary N) is 2. The zero-order valence-corrected chi connectivity index (χ0v) is 15.1. The molecule has 0 saturated carbocycles. The van der Waals surface area contributed by atoms with E-state index in [2.05, 4.69) is 10.0 Å². The average Bonchev–Trinajstić information content (AvgIpc) is 3.05. The van der Waals surface area contributed by atoms with Crippen LogP contribution in [0, 0.1) is 0 Å². The number of halogens is 1. The zero-order chi connectivity index (χ0) is 17.7. The molecule has 0 spiro atoms. The number of carbonyl (C=O) groups excluding carboxylic acids is 1. The Balaban J connectivity index is 2.02. The van der Waals surface area contributed by atoms with E-state index in [1.54, 1.807) is 0 Å². The average molecular weight is 377 g/mol. The Morgan fingerprint density at radius 1 is 1.50 bits per heavy atom. The lowest BCUT2D eigenvalue weighted by Gasteiger charge is -2.17.